The highest BCUT2D eigenvalue weighted by atomic mass is 32.5. The lowest BCUT2D eigenvalue weighted by atomic mass is 10.5. The molecule has 0 saturated carbocycles. The summed E-state index contributed by atoms with van der Waals surface area (Å²) in [6.07, 6.45) is -0.162. The van der Waals surface area contributed by atoms with Crippen molar-refractivity contribution in [2.45, 2.75) is 51.9 Å². The van der Waals surface area contributed by atoms with Crippen molar-refractivity contribution in [3.05, 3.63) is 12.1 Å². The summed E-state index contributed by atoms with van der Waals surface area (Å²) in [5.41, 5.74) is 0. The van der Waals surface area contributed by atoms with Gasteiger partial charge in [-0.25, -0.2) is 0 Å². The second-order valence-corrected chi connectivity index (χ2v) is 8.61. The Balaban J connectivity index is 2.80. The lowest BCUT2D eigenvalue weighted by Gasteiger charge is -2.25. The van der Waals surface area contributed by atoms with E-state index in [1.807, 2.05) is 33.8 Å². The minimum absolute atomic E-state index is 0.0811. The molecule has 0 aliphatic carbocycles. The molecule has 0 fully saturated rings. The van der Waals surface area contributed by atoms with E-state index >= 15 is 0 Å². The fraction of sp³-hybridized carbons (Fsp3) is 0.667. The van der Waals surface area contributed by atoms with Crippen LogP contribution in [0.15, 0.2) is 17.2 Å². The zero-order chi connectivity index (χ0) is 15.2. The second kappa shape index (κ2) is 8.29. The molecule has 0 aromatic carbocycles. The zero-order valence-corrected chi connectivity index (χ0v) is 14.9. The van der Waals surface area contributed by atoms with Crippen molar-refractivity contribution in [3.8, 4) is 5.88 Å². The standard InChI is InChI=1S/C12H21N2O3PS2/c1-6-20-12-8-7-11(13-14-12)17-18(19,15-9(2)3)16-10(4)5/h7-10H,6H2,1-5H3. The molecule has 8 heteroatoms. The first-order valence-corrected chi connectivity index (χ1v) is 10.0. The smallest absolute Gasteiger partial charge is 0.382 e. The van der Waals surface area contributed by atoms with Gasteiger partial charge in [0, 0.05) is 17.9 Å². The van der Waals surface area contributed by atoms with E-state index in [4.69, 9.17) is 25.4 Å². The molecule has 0 unspecified atom stereocenters. The first-order valence-electron chi connectivity index (χ1n) is 6.47. The Kier molecular flexibility index (Phi) is 7.40. The van der Waals surface area contributed by atoms with E-state index in [2.05, 4.69) is 17.1 Å². The van der Waals surface area contributed by atoms with Crippen LogP contribution in [0.5, 0.6) is 5.88 Å². The first-order chi connectivity index (χ1) is 9.34. The molecule has 1 aromatic heterocycles. The lowest BCUT2D eigenvalue weighted by molar-refractivity contribution is 0.139. The van der Waals surface area contributed by atoms with Gasteiger partial charge in [0.2, 0.25) is 5.88 Å². The maximum atomic E-state index is 5.66. The van der Waals surface area contributed by atoms with E-state index in [-0.39, 0.29) is 12.2 Å². The van der Waals surface area contributed by atoms with Crippen molar-refractivity contribution in [3.63, 3.8) is 0 Å². The van der Waals surface area contributed by atoms with Crippen LogP contribution in [0.25, 0.3) is 0 Å². The third-order valence-corrected chi connectivity index (χ3v) is 5.11. The van der Waals surface area contributed by atoms with Gasteiger partial charge in [-0.1, -0.05) is 6.92 Å². The minimum atomic E-state index is -2.86. The molecule has 114 valence electrons. The SMILES string of the molecule is CCSc1ccc(OP(=S)(OC(C)C)OC(C)C)nn1. The van der Waals surface area contributed by atoms with Crippen LogP contribution in [0.2, 0.25) is 0 Å². The van der Waals surface area contributed by atoms with E-state index < -0.39 is 6.72 Å². The highest BCUT2D eigenvalue weighted by Gasteiger charge is 2.26. The largest absolute Gasteiger partial charge is 0.404 e. The number of thioether (sulfide) groups is 1. The van der Waals surface area contributed by atoms with Crippen LogP contribution in [0, 0.1) is 0 Å². The summed E-state index contributed by atoms with van der Waals surface area (Å²) in [7, 11) is 0. The number of hydrogen-bond donors (Lipinski definition) is 0. The predicted molar refractivity (Wildman–Crippen MR) is 85.8 cm³/mol. The Hall–Kier alpha value is -0.200. The molecule has 0 saturated heterocycles. The molecule has 0 aliphatic heterocycles. The summed E-state index contributed by atoms with van der Waals surface area (Å²) < 4.78 is 16.9. The van der Waals surface area contributed by atoms with Gasteiger partial charge in [0.25, 0.3) is 0 Å². The summed E-state index contributed by atoms with van der Waals surface area (Å²) in [5, 5.41) is 8.91. The Bertz CT molecular complexity index is 441. The summed E-state index contributed by atoms with van der Waals surface area (Å²) in [6, 6.07) is 3.58. The Morgan fingerprint density at radius 2 is 1.75 bits per heavy atom. The fourth-order valence-corrected chi connectivity index (χ4v) is 4.60. The summed E-state index contributed by atoms with van der Waals surface area (Å²) in [4.78, 5) is 0. The van der Waals surface area contributed by atoms with Gasteiger partial charge < -0.3 is 4.52 Å². The molecule has 1 rings (SSSR count). The molecule has 0 atom stereocenters. The normalized spacial score (nSPS) is 12.2. The molecule has 0 radical (unpaired) electrons. The van der Waals surface area contributed by atoms with E-state index in [0.29, 0.717) is 5.88 Å². The van der Waals surface area contributed by atoms with Crippen LogP contribution in [0.3, 0.4) is 0 Å². The van der Waals surface area contributed by atoms with Gasteiger partial charge in [0.15, 0.2) is 0 Å². The van der Waals surface area contributed by atoms with Crippen molar-refractivity contribution >= 4 is 30.3 Å². The Labute approximate surface area is 130 Å². The van der Waals surface area contributed by atoms with Gasteiger partial charge in [-0.15, -0.1) is 22.0 Å². The van der Waals surface area contributed by atoms with Gasteiger partial charge in [-0.05, 0) is 39.5 Å². The minimum Gasteiger partial charge on any atom is -0.404 e. The van der Waals surface area contributed by atoms with Crippen molar-refractivity contribution in [1.29, 1.82) is 0 Å². The predicted octanol–water partition coefficient (Wildman–Crippen LogP) is 4.04. The van der Waals surface area contributed by atoms with E-state index in [9.17, 15) is 0 Å². The van der Waals surface area contributed by atoms with Crippen molar-refractivity contribution in [2.24, 2.45) is 0 Å². The van der Waals surface area contributed by atoms with Gasteiger partial charge in [-0.2, -0.15) is 0 Å². The first kappa shape index (κ1) is 17.9. The number of rotatable bonds is 8. The van der Waals surface area contributed by atoms with Crippen molar-refractivity contribution in [1.82, 2.24) is 10.2 Å². The molecular weight excluding hydrogens is 315 g/mol. The molecule has 20 heavy (non-hydrogen) atoms. The maximum absolute atomic E-state index is 5.66. The van der Waals surface area contributed by atoms with Crippen molar-refractivity contribution in [2.75, 3.05) is 5.75 Å². The third kappa shape index (κ3) is 6.50. The molecule has 1 aromatic rings. The molecular formula is C12H21N2O3PS2. The van der Waals surface area contributed by atoms with E-state index in [0.717, 1.165) is 10.8 Å². The second-order valence-electron chi connectivity index (χ2n) is 4.49. The van der Waals surface area contributed by atoms with E-state index in [1.54, 1.807) is 17.8 Å². The third-order valence-electron chi connectivity index (χ3n) is 1.79. The number of hydrogen-bond acceptors (Lipinski definition) is 7. The molecule has 0 bridgehead atoms. The average Bonchev–Trinajstić information content (AvgIpc) is 2.29. The highest BCUT2D eigenvalue weighted by Crippen LogP contribution is 2.51. The topological polar surface area (TPSA) is 53.5 Å². The van der Waals surface area contributed by atoms with Gasteiger partial charge in [0.05, 0.1) is 12.2 Å². The quantitative estimate of drug-likeness (QED) is 0.524. The van der Waals surface area contributed by atoms with Crippen LogP contribution in [0.4, 0.5) is 0 Å². The molecule has 0 N–H and O–H groups in total. The number of nitrogens with zero attached hydrogens (tertiary/aromatic N) is 2. The summed E-state index contributed by atoms with van der Waals surface area (Å²) >= 11 is 7.01. The molecule has 0 amide bonds. The van der Waals surface area contributed by atoms with Crippen LogP contribution < -0.4 is 4.52 Å². The lowest BCUT2D eigenvalue weighted by Crippen LogP contribution is -2.12. The summed E-state index contributed by atoms with van der Waals surface area (Å²) in [6.45, 7) is 6.76. The van der Waals surface area contributed by atoms with Gasteiger partial charge >= 0.3 is 6.72 Å². The fourth-order valence-electron chi connectivity index (χ4n) is 1.28. The van der Waals surface area contributed by atoms with Gasteiger partial charge in [-0.3, -0.25) is 9.05 Å². The van der Waals surface area contributed by atoms with Gasteiger partial charge in [0.1, 0.15) is 5.03 Å². The molecule has 5 nitrogen and oxygen atoms in total. The van der Waals surface area contributed by atoms with E-state index in [1.165, 1.54) is 0 Å². The maximum Gasteiger partial charge on any atom is 0.382 e. The molecule has 1 heterocycles. The van der Waals surface area contributed by atoms with Crippen LogP contribution >= 0.6 is 18.5 Å². The average molecular weight is 336 g/mol. The monoisotopic (exact) mass is 336 g/mol. The van der Waals surface area contributed by atoms with Crippen LogP contribution in [0.1, 0.15) is 34.6 Å². The molecule has 0 spiro atoms. The Morgan fingerprint density at radius 3 is 2.15 bits per heavy atom. The Morgan fingerprint density at radius 1 is 1.15 bits per heavy atom. The molecule has 0 aliphatic rings. The summed E-state index contributed by atoms with van der Waals surface area (Å²) in [5.74, 6) is 1.27. The van der Waals surface area contributed by atoms with Crippen LogP contribution in [-0.2, 0) is 20.9 Å². The van der Waals surface area contributed by atoms with Crippen LogP contribution in [-0.4, -0.2) is 28.2 Å². The highest BCUT2D eigenvalue weighted by molar-refractivity contribution is 8.07. The number of aromatic nitrogens is 2. The zero-order valence-electron chi connectivity index (χ0n) is 12.4. The van der Waals surface area contributed by atoms with Crippen molar-refractivity contribution < 1.29 is 13.6 Å².